The Kier molecular flexibility index (Phi) is 11.6. The molecule has 8 fully saturated rings. The number of fused-ring (bicyclic) bond motifs is 2. The minimum Gasteiger partial charge on any atom is -0.332 e. The smallest absolute Gasteiger partial charge is 0.254 e. The van der Waals surface area contributed by atoms with Gasteiger partial charge in [-0.2, -0.15) is 0 Å². The van der Waals surface area contributed by atoms with Crippen LogP contribution in [0.4, 0.5) is 11.6 Å². The van der Waals surface area contributed by atoms with Crippen LogP contribution in [-0.4, -0.2) is 60.9 Å². The normalized spacial score (nSPS) is 30.1. The molecular weight excluding hydrogens is 812 g/mol. The van der Waals surface area contributed by atoms with E-state index in [0.717, 1.165) is 122 Å². The molecule has 8 bridgehead atoms. The molecule has 2 aromatic heterocycles. The Bertz CT molecular complexity index is 2310. The van der Waals surface area contributed by atoms with Gasteiger partial charge in [-0.25, -0.2) is 19.9 Å². The highest BCUT2D eigenvalue weighted by atomic mass is 35.5. The number of carbonyl (C=O) groups is 4. The molecule has 8 saturated carbocycles. The first-order chi connectivity index (χ1) is 30.6. The van der Waals surface area contributed by atoms with Crippen LogP contribution in [0, 0.1) is 46.3 Å². The van der Waals surface area contributed by atoms with E-state index in [4.69, 9.17) is 11.6 Å². The Hall–Kier alpha value is -5.07. The predicted molar refractivity (Wildman–Crippen MR) is 239 cm³/mol. The van der Waals surface area contributed by atoms with Gasteiger partial charge in [0.25, 0.3) is 11.1 Å². The van der Waals surface area contributed by atoms with Gasteiger partial charge in [0.15, 0.2) is 0 Å². The number of carbonyl (C=O) groups excluding carboxylic acids is 4. The zero-order valence-electron chi connectivity index (χ0n) is 35.9. The van der Waals surface area contributed by atoms with Crippen molar-refractivity contribution in [2.75, 3.05) is 23.7 Å². The molecule has 12 nitrogen and oxygen atoms in total. The number of hydrogen-bond acceptors (Lipinski definition) is 9. The van der Waals surface area contributed by atoms with Gasteiger partial charge in [-0.1, -0.05) is 48.5 Å². The maximum absolute atomic E-state index is 13.5. The largest absolute Gasteiger partial charge is 0.332 e. The number of anilines is 2. The van der Waals surface area contributed by atoms with Crippen LogP contribution < -0.4 is 16.0 Å². The fourth-order valence-electron chi connectivity index (χ4n) is 13.6. The molecule has 2 aliphatic heterocycles. The highest BCUT2D eigenvalue weighted by Crippen LogP contribution is 2.61. The van der Waals surface area contributed by atoms with Gasteiger partial charge in [0.05, 0.1) is 28.8 Å². The summed E-state index contributed by atoms with van der Waals surface area (Å²) in [5.74, 6) is 6.38. The minimum atomic E-state index is -0.407. The third kappa shape index (κ3) is 8.65. The second kappa shape index (κ2) is 17.5. The maximum atomic E-state index is 13.5. The summed E-state index contributed by atoms with van der Waals surface area (Å²) in [5.41, 5.74) is 4.91. The van der Waals surface area contributed by atoms with Crippen LogP contribution in [0.3, 0.4) is 0 Å². The fraction of sp³-hybridized carbons (Fsp3) is 0.520. The first kappa shape index (κ1) is 41.9. The van der Waals surface area contributed by atoms with Crippen molar-refractivity contribution in [3.8, 4) is 0 Å². The molecule has 0 saturated heterocycles. The van der Waals surface area contributed by atoms with Gasteiger partial charge in [0, 0.05) is 35.3 Å². The van der Waals surface area contributed by atoms with Crippen molar-refractivity contribution in [1.29, 1.82) is 0 Å². The Morgan fingerprint density at radius 2 is 1.03 bits per heavy atom. The molecule has 4 heterocycles. The van der Waals surface area contributed by atoms with Gasteiger partial charge in [-0.15, -0.1) is 0 Å². The summed E-state index contributed by atoms with van der Waals surface area (Å²) < 4.78 is 0. The Balaban J connectivity index is 0.000000129. The fourth-order valence-corrected chi connectivity index (χ4v) is 13.7. The molecule has 14 rings (SSSR count). The number of nitrogens with zero attached hydrogens (tertiary/aromatic N) is 5. The lowest BCUT2D eigenvalue weighted by Crippen LogP contribution is -2.52. The molecule has 8 aliphatic carbocycles. The molecule has 0 unspecified atom stereocenters. The standard InChI is InChI=1S/C25H28N4O2.C18H24N4O.C7H5ClO/c30-23(19-4-2-1-3-5-19)29-7-6-20-21(14-29)26-15-27-22(20)28-24(31)25-11-16-8-17(12-25)10-18(9-16)13-25;23-17(18-6-11-3-12(7-18)5-13(4-11)8-18)22-16-14-1-2-19-9-15(14)20-10-21-16;8-7(9)6-4-2-1-3-5-6/h1-5,15-18H,6-14H2,(H,26,27,28,31);10-13,19H,1-9H2,(H,20,21,22,23);1-5H. The monoisotopic (exact) mass is 868 g/mol. The molecule has 0 atom stereocenters. The number of amides is 3. The van der Waals surface area contributed by atoms with Gasteiger partial charge in [0.1, 0.15) is 24.3 Å². The topological polar surface area (TPSA) is 159 Å². The van der Waals surface area contributed by atoms with E-state index < -0.39 is 5.24 Å². The average molecular weight is 870 g/mol. The number of hydrogen-bond donors (Lipinski definition) is 3. The van der Waals surface area contributed by atoms with Crippen molar-refractivity contribution in [2.45, 2.75) is 103 Å². The first-order valence-corrected chi connectivity index (χ1v) is 23.6. The summed E-state index contributed by atoms with van der Waals surface area (Å²) in [6.07, 6.45) is 19.1. The first-order valence-electron chi connectivity index (χ1n) is 23.2. The third-order valence-corrected chi connectivity index (χ3v) is 15.9. The van der Waals surface area contributed by atoms with Crippen molar-refractivity contribution >= 4 is 46.2 Å². The Morgan fingerprint density at radius 1 is 0.587 bits per heavy atom. The van der Waals surface area contributed by atoms with E-state index in [9.17, 15) is 19.2 Å². The quantitative estimate of drug-likeness (QED) is 0.163. The predicted octanol–water partition coefficient (Wildman–Crippen LogP) is 8.17. The second-order valence-corrected chi connectivity index (χ2v) is 20.4. The number of halogens is 1. The van der Waals surface area contributed by atoms with E-state index in [2.05, 4.69) is 35.9 Å². The molecule has 63 heavy (non-hydrogen) atoms. The summed E-state index contributed by atoms with van der Waals surface area (Å²) in [6, 6.07) is 18.1. The van der Waals surface area contributed by atoms with Gasteiger partial charge in [-0.3, -0.25) is 19.2 Å². The van der Waals surface area contributed by atoms with Crippen molar-refractivity contribution in [3.63, 3.8) is 0 Å². The third-order valence-electron chi connectivity index (χ3n) is 15.7. The van der Waals surface area contributed by atoms with E-state index in [1.54, 1.807) is 30.6 Å². The molecule has 13 heteroatoms. The number of benzene rings is 2. The number of aromatic nitrogens is 4. The van der Waals surface area contributed by atoms with Gasteiger partial charge in [-0.05, 0) is 156 Å². The summed E-state index contributed by atoms with van der Waals surface area (Å²) >= 11 is 5.16. The lowest BCUT2D eigenvalue weighted by atomic mass is 9.49. The van der Waals surface area contributed by atoms with Crippen LogP contribution in [0.5, 0.6) is 0 Å². The lowest BCUT2D eigenvalue weighted by molar-refractivity contribution is -0.141. The van der Waals surface area contributed by atoms with E-state index >= 15 is 0 Å². The minimum absolute atomic E-state index is 0.0176. The van der Waals surface area contributed by atoms with Gasteiger partial charge >= 0.3 is 0 Å². The summed E-state index contributed by atoms with van der Waals surface area (Å²) in [5, 5.41) is 9.34. The van der Waals surface area contributed by atoms with Crippen molar-refractivity contribution < 1.29 is 19.2 Å². The zero-order valence-corrected chi connectivity index (χ0v) is 36.6. The Labute approximate surface area is 374 Å². The number of rotatable bonds is 6. The zero-order chi connectivity index (χ0) is 43.1. The van der Waals surface area contributed by atoms with Crippen molar-refractivity contribution in [3.05, 3.63) is 107 Å². The molecule has 2 aromatic carbocycles. The second-order valence-electron chi connectivity index (χ2n) is 20.0. The van der Waals surface area contributed by atoms with Gasteiger partial charge < -0.3 is 20.9 Å². The van der Waals surface area contributed by atoms with Crippen LogP contribution in [0.2, 0.25) is 0 Å². The number of nitrogens with one attached hydrogen (secondary N) is 3. The molecule has 4 aromatic rings. The van der Waals surface area contributed by atoms with Crippen molar-refractivity contribution in [2.24, 2.45) is 46.3 Å². The maximum Gasteiger partial charge on any atom is 0.254 e. The highest BCUT2D eigenvalue weighted by Gasteiger charge is 2.56. The Morgan fingerprint density at radius 3 is 1.49 bits per heavy atom. The molecule has 10 aliphatic rings. The summed E-state index contributed by atoms with van der Waals surface area (Å²) in [4.78, 5) is 69.4. The van der Waals surface area contributed by atoms with E-state index in [-0.39, 0.29) is 28.6 Å². The van der Waals surface area contributed by atoms with Crippen LogP contribution in [0.1, 0.15) is 120 Å². The SMILES string of the molecule is O=C(Cl)c1ccccc1.O=C(Nc1ncnc2c1CCNC2)C12CC3CC(CC(C3)C1)C2.O=C(c1ccccc1)N1CCc2c(ncnc2NC(=O)C23CC4CC(CC(C4)C2)C3)C1. The molecule has 3 amide bonds. The molecule has 3 N–H and O–H groups in total. The van der Waals surface area contributed by atoms with Crippen molar-refractivity contribution in [1.82, 2.24) is 30.2 Å². The van der Waals surface area contributed by atoms with E-state index in [1.807, 2.05) is 41.3 Å². The molecule has 0 spiro atoms. The van der Waals surface area contributed by atoms with Gasteiger partial charge in [0.2, 0.25) is 11.8 Å². The summed E-state index contributed by atoms with van der Waals surface area (Å²) in [6.45, 7) is 2.76. The van der Waals surface area contributed by atoms with Crippen LogP contribution in [-0.2, 0) is 35.5 Å². The summed E-state index contributed by atoms with van der Waals surface area (Å²) in [7, 11) is 0. The van der Waals surface area contributed by atoms with Crippen LogP contribution >= 0.6 is 11.6 Å². The lowest BCUT2D eigenvalue weighted by Gasteiger charge is -2.55. The van der Waals surface area contributed by atoms with Crippen LogP contribution in [0.25, 0.3) is 0 Å². The molecular formula is C50H57ClN8O4. The van der Waals surface area contributed by atoms with E-state index in [1.165, 1.54) is 44.9 Å². The van der Waals surface area contributed by atoms with E-state index in [0.29, 0.717) is 36.5 Å². The average Bonchev–Trinajstić information content (AvgIpc) is 3.29. The van der Waals surface area contributed by atoms with Crippen LogP contribution in [0.15, 0.2) is 73.3 Å². The molecule has 328 valence electrons. The molecule has 0 radical (unpaired) electrons. The highest BCUT2D eigenvalue weighted by molar-refractivity contribution is 6.67.